The Balaban J connectivity index is 1.88. The van der Waals surface area contributed by atoms with E-state index in [-0.39, 0.29) is 5.56 Å². The summed E-state index contributed by atoms with van der Waals surface area (Å²) in [5, 5.41) is 3.35. The van der Waals surface area contributed by atoms with Gasteiger partial charge in [-0.2, -0.15) is 0 Å². The van der Waals surface area contributed by atoms with Crippen molar-refractivity contribution in [3.05, 3.63) is 80.7 Å². The van der Waals surface area contributed by atoms with Gasteiger partial charge in [0.15, 0.2) is 0 Å². The number of rotatable bonds is 3. The predicted octanol–water partition coefficient (Wildman–Crippen LogP) is 3.96. The molecule has 0 aliphatic rings. The number of aromatic nitrogens is 2. The topological polar surface area (TPSA) is 74.8 Å². The summed E-state index contributed by atoms with van der Waals surface area (Å²) in [5.41, 5.74) is 2.86. The van der Waals surface area contributed by atoms with E-state index in [1.807, 2.05) is 26.0 Å². The molecular weight excluding hydrogens is 338 g/mol. The van der Waals surface area contributed by atoms with Crippen LogP contribution in [0.3, 0.4) is 0 Å². The second-order valence-corrected chi connectivity index (χ2v) is 6.12. The predicted molar refractivity (Wildman–Crippen MR) is 99.2 cm³/mol. The fourth-order valence-electron chi connectivity index (χ4n) is 2.39. The van der Waals surface area contributed by atoms with Crippen LogP contribution in [0.5, 0.6) is 0 Å². The molecule has 0 aliphatic carbocycles. The largest absolute Gasteiger partial charge is 0.322 e. The molecule has 0 spiro atoms. The lowest BCUT2D eigenvalue weighted by Crippen LogP contribution is -2.24. The van der Waals surface area contributed by atoms with Crippen LogP contribution in [-0.2, 0) is 0 Å². The summed E-state index contributed by atoms with van der Waals surface area (Å²) in [7, 11) is 0. The van der Waals surface area contributed by atoms with E-state index in [4.69, 9.17) is 11.6 Å². The van der Waals surface area contributed by atoms with Gasteiger partial charge in [-0.1, -0.05) is 23.7 Å². The molecule has 0 saturated heterocycles. The van der Waals surface area contributed by atoms with Crippen molar-refractivity contribution in [1.29, 1.82) is 0 Å². The molecule has 25 heavy (non-hydrogen) atoms. The second-order valence-electron chi connectivity index (χ2n) is 5.68. The van der Waals surface area contributed by atoms with Crippen LogP contribution in [-0.4, -0.2) is 15.9 Å². The van der Waals surface area contributed by atoms with Gasteiger partial charge in [0, 0.05) is 22.5 Å². The van der Waals surface area contributed by atoms with Gasteiger partial charge in [0.1, 0.15) is 11.4 Å². The maximum Gasteiger partial charge on any atom is 0.264 e. The summed E-state index contributed by atoms with van der Waals surface area (Å²) in [6.45, 7) is 3.87. The Hall–Kier alpha value is -2.92. The van der Waals surface area contributed by atoms with Gasteiger partial charge in [-0.25, -0.2) is 4.98 Å². The minimum atomic E-state index is -0.497. The van der Waals surface area contributed by atoms with E-state index < -0.39 is 11.5 Å². The molecule has 5 nitrogen and oxygen atoms in total. The number of hydrogen-bond acceptors (Lipinski definition) is 3. The molecule has 2 aromatic carbocycles. The Morgan fingerprint density at radius 2 is 1.84 bits per heavy atom. The monoisotopic (exact) mass is 353 g/mol. The molecule has 0 saturated carbocycles. The van der Waals surface area contributed by atoms with Crippen molar-refractivity contribution in [1.82, 2.24) is 9.97 Å². The van der Waals surface area contributed by atoms with Gasteiger partial charge in [0.05, 0.1) is 0 Å². The molecule has 3 rings (SSSR count). The van der Waals surface area contributed by atoms with Gasteiger partial charge >= 0.3 is 0 Å². The number of carbonyl (C=O) groups excluding carboxylic acids is 1. The lowest BCUT2D eigenvalue weighted by atomic mass is 10.1. The normalized spacial score (nSPS) is 10.5. The average molecular weight is 354 g/mol. The molecule has 1 heterocycles. The number of nitrogens with one attached hydrogen (secondary N) is 2. The highest BCUT2D eigenvalue weighted by atomic mass is 35.5. The van der Waals surface area contributed by atoms with Crippen LogP contribution in [0.4, 0.5) is 5.69 Å². The van der Waals surface area contributed by atoms with E-state index in [9.17, 15) is 9.59 Å². The molecule has 0 atom stereocenters. The number of amides is 1. The van der Waals surface area contributed by atoms with E-state index in [1.54, 1.807) is 30.3 Å². The van der Waals surface area contributed by atoms with Crippen molar-refractivity contribution in [3.8, 4) is 11.4 Å². The lowest BCUT2D eigenvalue weighted by Gasteiger charge is -2.10. The lowest BCUT2D eigenvalue weighted by molar-refractivity contribution is 0.102. The van der Waals surface area contributed by atoms with E-state index in [0.717, 1.165) is 11.1 Å². The maximum atomic E-state index is 12.4. The molecule has 0 bridgehead atoms. The Bertz CT molecular complexity index is 994. The third-order valence-corrected chi connectivity index (χ3v) is 4.27. The summed E-state index contributed by atoms with van der Waals surface area (Å²) < 4.78 is 0. The quantitative estimate of drug-likeness (QED) is 0.748. The smallest absolute Gasteiger partial charge is 0.264 e. The van der Waals surface area contributed by atoms with Crippen LogP contribution in [0.1, 0.15) is 21.5 Å². The Morgan fingerprint density at radius 1 is 1.12 bits per heavy atom. The molecule has 3 aromatic rings. The molecular formula is C19H16ClN3O2. The third kappa shape index (κ3) is 3.61. The van der Waals surface area contributed by atoms with E-state index in [1.165, 1.54) is 6.20 Å². The van der Waals surface area contributed by atoms with Gasteiger partial charge in [-0.15, -0.1) is 0 Å². The third-order valence-electron chi connectivity index (χ3n) is 4.01. The first-order chi connectivity index (χ1) is 12.0. The van der Waals surface area contributed by atoms with Crippen molar-refractivity contribution in [2.75, 3.05) is 5.32 Å². The summed E-state index contributed by atoms with van der Waals surface area (Å²) >= 11 is 5.85. The van der Waals surface area contributed by atoms with E-state index >= 15 is 0 Å². The number of benzene rings is 2. The minimum absolute atomic E-state index is 0.0429. The molecule has 0 unspecified atom stereocenters. The Morgan fingerprint density at radius 3 is 2.52 bits per heavy atom. The molecule has 0 aliphatic heterocycles. The molecule has 2 N–H and O–H groups in total. The molecule has 1 aromatic heterocycles. The van der Waals surface area contributed by atoms with Crippen LogP contribution in [0.15, 0.2) is 53.5 Å². The average Bonchev–Trinajstić information content (AvgIpc) is 2.59. The first kappa shape index (κ1) is 16.9. The molecule has 0 radical (unpaired) electrons. The minimum Gasteiger partial charge on any atom is -0.322 e. The highest BCUT2D eigenvalue weighted by Gasteiger charge is 2.14. The number of halogens is 1. The Kier molecular flexibility index (Phi) is 4.67. The van der Waals surface area contributed by atoms with Crippen molar-refractivity contribution in [3.63, 3.8) is 0 Å². The van der Waals surface area contributed by atoms with Gasteiger partial charge in [-0.05, 0) is 55.3 Å². The highest BCUT2D eigenvalue weighted by molar-refractivity contribution is 6.30. The number of aryl methyl sites for hydroxylation is 1. The molecule has 126 valence electrons. The summed E-state index contributed by atoms with van der Waals surface area (Å²) in [6, 6.07) is 12.5. The zero-order valence-corrected chi connectivity index (χ0v) is 14.5. The van der Waals surface area contributed by atoms with Crippen LogP contribution in [0, 0.1) is 13.8 Å². The van der Waals surface area contributed by atoms with E-state index in [0.29, 0.717) is 22.1 Å². The van der Waals surface area contributed by atoms with Crippen LogP contribution in [0.2, 0.25) is 5.02 Å². The highest BCUT2D eigenvalue weighted by Crippen LogP contribution is 2.19. The maximum absolute atomic E-state index is 12.4. The van der Waals surface area contributed by atoms with Gasteiger partial charge in [0.2, 0.25) is 0 Å². The number of nitrogens with zero attached hydrogens (tertiary/aromatic N) is 1. The second kappa shape index (κ2) is 6.91. The number of hydrogen-bond donors (Lipinski definition) is 2. The number of carbonyl (C=O) groups is 1. The number of anilines is 1. The molecule has 1 amide bonds. The van der Waals surface area contributed by atoms with Crippen molar-refractivity contribution >= 4 is 23.2 Å². The van der Waals surface area contributed by atoms with Crippen LogP contribution < -0.4 is 10.9 Å². The fourth-order valence-corrected chi connectivity index (χ4v) is 2.51. The van der Waals surface area contributed by atoms with Crippen LogP contribution >= 0.6 is 11.6 Å². The van der Waals surface area contributed by atoms with Crippen molar-refractivity contribution in [2.24, 2.45) is 0 Å². The SMILES string of the molecule is Cc1cccc(NC(=O)c2cnc(-c3ccc(Cl)cc3)[nH]c2=O)c1C. The van der Waals surface area contributed by atoms with Crippen molar-refractivity contribution < 1.29 is 4.79 Å². The Labute approximate surface area is 149 Å². The van der Waals surface area contributed by atoms with Gasteiger partial charge < -0.3 is 10.3 Å². The van der Waals surface area contributed by atoms with Gasteiger partial charge in [-0.3, -0.25) is 9.59 Å². The van der Waals surface area contributed by atoms with Gasteiger partial charge in [0.25, 0.3) is 11.5 Å². The number of aromatic amines is 1. The number of H-pyrrole nitrogens is 1. The zero-order chi connectivity index (χ0) is 18.0. The molecule has 0 fully saturated rings. The van der Waals surface area contributed by atoms with Crippen LogP contribution in [0.25, 0.3) is 11.4 Å². The fraction of sp³-hybridized carbons (Fsp3) is 0.105. The summed E-state index contributed by atoms with van der Waals surface area (Å²) in [5.74, 6) is -0.116. The van der Waals surface area contributed by atoms with Crippen molar-refractivity contribution in [2.45, 2.75) is 13.8 Å². The summed E-state index contributed by atoms with van der Waals surface area (Å²) in [6.07, 6.45) is 1.28. The zero-order valence-electron chi connectivity index (χ0n) is 13.8. The standard InChI is InChI=1S/C19H16ClN3O2/c1-11-4-3-5-16(12(11)2)22-18(24)15-10-21-17(23-19(15)25)13-6-8-14(20)9-7-13/h3-10H,1-2H3,(H,22,24)(H,21,23,25). The first-order valence-electron chi connectivity index (χ1n) is 7.68. The summed E-state index contributed by atoms with van der Waals surface area (Å²) in [4.78, 5) is 31.5. The first-order valence-corrected chi connectivity index (χ1v) is 8.06. The van der Waals surface area contributed by atoms with E-state index in [2.05, 4.69) is 15.3 Å². The molecule has 6 heteroatoms.